The van der Waals surface area contributed by atoms with E-state index >= 15 is 0 Å². The van der Waals surface area contributed by atoms with E-state index in [2.05, 4.69) is 15.3 Å². The van der Waals surface area contributed by atoms with Gasteiger partial charge in [0, 0.05) is 36.2 Å². The highest BCUT2D eigenvalue weighted by atomic mass is 16.5. The van der Waals surface area contributed by atoms with Crippen molar-refractivity contribution in [1.29, 1.82) is 0 Å². The maximum Gasteiger partial charge on any atom is 0.276 e. The Hall–Kier alpha value is -3.94. The zero-order valence-corrected chi connectivity index (χ0v) is 18.5. The van der Waals surface area contributed by atoms with E-state index in [1.54, 1.807) is 18.1 Å². The zero-order chi connectivity index (χ0) is 22.8. The van der Waals surface area contributed by atoms with Crippen molar-refractivity contribution in [2.24, 2.45) is 0 Å². The first-order chi connectivity index (χ1) is 16.1. The van der Waals surface area contributed by atoms with Crippen molar-refractivity contribution in [1.82, 2.24) is 20.2 Å². The molecule has 5 rings (SSSR count). The molecule has 0 saturated carbocycles. The van der Waals surface area contributed by atoms with Crippen LogP contribution in [-0.2, 0) is 0 Å². The van der Waals surface area contributed by atoms with Crippen molar-refractivity contribution in [2.75, 3.05) is 20.2 Å². The molecule has 1 saturated heterocycles. The summed E-state index contributed by atoms with van der Waals surface area (Å²) >= 11 is 0. The van der Waals surface area contributed by atoms with Gasteiger partial charge in [0.2, 0.25) is 11.7 Å². The molecule has 1 aliphatic heterocycles. The number of piperidine rings is 1. The molecule has 8 nitrogen and oxygen atoms in total. The Morgan fingerprint density at radius 3 is 2.36 bits per heavy atom. The fourth-order valence-electron chi connectivity index (χ4n) is 3.98. The van der Waals surface area contributed by atoms with E-state index in [0.717, 1.165) is 35.3 Å². The summed E-state index contributed by atoms with van der Waals surface area (Å²) in [5.74, 6) is 2.52. The van der Waals surface area contributed by atoms with Crippen molar-refractivity contribution in [3.63, 3.8) is 0 Å². The van der Waals surface area contributed by atoms with Crippen LogP contribution in [0, 0.1) is 6.92 Å². The molecule has 2 aromatic heterocycles. The second-order valence-electron chi connectivity index (χ2n) is 8.19. The van der Waals surface area contributed by atoms with Crippen LogP contribution in [0.2, 0.25) is 0 Å². The zero-order valence-electron chi connectivity index (χ0n) is 18.5. The van der Waals surface area contributed by atoms with E-state index < -0.39 is 0 Å². The summed E-state index contributed by atoms with van der Waals surface area (Å²) in [7, 11) is 1.63. The fourth-order valence-corrected chi connectivity index (χ4v) is 3.98. The van der Waals surface area contributed by atoms with Crippen LogP contribution in [0.3, 0.4) is 0 Å². The summed E-state index contributed by atoms with van der Waals surface area (Å²) in [6.07, 6.45) is 1.50. The number of carbonyl (C=O) groups excluding carboxylic acids is 1. The van der Waals surface area contributed by atoms with Gasteiger partial charge in [-0.15, -0.1) is 0 Å². The standard InChI is InChI=1S/C25H24N4O4/c1-16-3-5-17(6-4-16)22-15-21(27-32-22)25(30)29-13-11-19(12-14-29)24-26-23(28-33-24)18-7-9-20(31-2)10-8-18/h3-10,15,19H,11-14H2,1-2H3. The molecule has 4 aromatic rings. The molecule has 2 aromatic carbocycles. The number of benzene rings is 2. The van der Waals surface area contributed by atoms with Crippen LogP contribution in [0.1, 0.15) is 40.7 Å². The first-order valence-electron chi connectivity index (χ1n) is 10.9. The minimum atomic E-state index is -0.125. The number of hydrogen-bond donors (Lipinski definition) is 0. The van der Waals surface area contributed by atoms with Gasteiger partial charge < -0.3 is 18.7 Å². The van der Waals surface area contributed by atoms with Crippen LogP contribution in [0.25, 0.3) is 22.7 Å². The van der Waals surface area contributed by atoms with Gasteiger partial charge in [-0.3, -0.25) is 4.79 Å². The number of ether oxygens (including phenoxy) is 1. The van der Waals surface area contributed by atoms with Crippen molar-refractivity contribution >= 4 is 5.91 Å². The number of methoxy groups -OCH3 is 1. The Kier molecular flexibility index (Phi) is 5.64. The Morgan fingerprint density at radius 1 is 0.970 bits per heavy atom. The summed E-state index contributed by atoms with van der Waals surface area (Å²) in [6, 6.07) is 17.2. The van der Waals surface area contributed by atoms with Crippen LogP contribution in [0.4, 0.5) is 0 Å². The number of likely N-dealkylation sites (tertiary alicyclic amines) is 1. The van der Waals surface area contributed by atoms with Crippen LogP contribution in [-0.4, -0.2) is 46.3 Å². The third-order valence-electron chi connectivity index (χ3n) is 5.99. The van der Waals surface area contributed by atoms with Crippen molar-refractivity contribution in [3.05, 3.63) is 71.7 Å². The Balaban J connectivity index is 1.21. The summed E-state index contributed by atoms with van der Waals surface area (Å²) in [5, 5.41) is 8.13. The summed E-state index contributed by atoms with van der Waals surface area (Å²) in [5.41, 5.74) is 3.25. The SMILES string of the molecule is COc1ccc(-c2noc(C3CCN(C(=O)c4cc(-c5ccc(C)cc5)on4)CC3)n2)cc1. The molecule has 0 unspecified atom stereocenters. The maximum absolute atomic E-state index is 12.9. The lowest BCUT2D eigenvalue weighted by Crippen LogP contribution is -2.38. The Labute approximate surface area is 191 Å². The molecule has 33 heavy (non-hydrogen) atoms. The van der Waals surface area contributed by atoms with Gasteiger partial charge in [-0.25, -0.2) is 0 Å². The van der Waals surface area contributed by atoms with Crippen LogP contribution >= 0.6 is 0 Å². The molecule has 1 amide bonds. The number of aryl methyl sites for hydroxylation is 1. The molecule has 168 valence electrons. The minimum Gasteiger partial charge on any atom is -0.497 e. The highest BCUT2D eigenvalue weighted by Gasteiger charge is 2.29. The highest BCUT2D eigenvalue weighted by Crippen LogP contribution is 2.30. The molecule has 0 radical (unpaired) electrons. The van der Waals surface area contributed by atoms with Gasteiger partial charge in [0.15, 0.2) is 11.5 Å². The van der Waals surface area contributed by atoms with E-state index in [0.29, 0.717) is 36.3 Å². The number of nitrogens with zero attached hydrogens (tertiary/aromatic N) is 4. The minimum absolute atomic E-state index is 0.119. The lowest BCUT2D eigenvalue weighted by atomic mass is 9.96. The molecule has 8 heteroatoms. The van der Waals surface area contributed by atoms with E-state index in [4.69, 9.17) is 13.8 Å². The van der Waals surface area contributed by atoms with Crippen molar-refractivity contribution < 1.29 is 18.6 Å². The molecule has 3 heterocycles. The molecular weight excluding hydrogens is 420 g/mol. The molecular formula is C25H24N4O4. The lowest BCUT2D eigenvalue weighted by Gasteiger charge is -2.29. The average molecular weight is 444 g/mol. The van der Waals surface area contributed by atoms with Gasteiger partial charge in [-0.2, -0.15) is 4.98 Å². The van der Waals surface area contributed by atoms with Crippen molar-refractivity contribution in [2.45, 2.75) is 25.7 Å². The molecule has 0 N–H and O–H groups in total. The quantitative estimate of drug-likeness (QED) is 0.439. The predicted molar refractivity (Wildman–Crippen MR) is 121 cm³/mol. The third-order valence-corrected chi connectivity index (χ3v) is 5.99. The fraction of sp³-hybridized carbons (Fsp3) is 0.280. The first-order valence-corrected chi connectivity index (χ1v) is 10.9. The van der Waals surface area contributed by atoms with E-state index in [1.165, 1.54) is 0 Å². The molecule has 0 aliphatic carbocycles. The predicted octanol–water partition coefficient (Wildman–Crippen LogP) is 4.73. The largest absolute Gasteiger partial charge is 0.497 e. The first kappa shape index (κ1) is 20.9. The number of aromatic nitrogens is 3. The van der Waals surface area contributed by atoms with Gasteiger partial charge in [-0.1, -0.05) is 40.1 Å². The van der Waals surface area contributed by atoms with Gasteiger partial charge in [0.1, 0.15) is 5.75 Å². The topological polar surface area (TPSA) is 94.5 Å². The van der Waals surface area contributed by atoms with E-state index in [-0.39, 0.29) is 11.8 Å². The van der Waals surface area contributed by atoms with Crippen LogP contribution in [0.15, 0.2) is 63.6 Å². The average Bonchev–Trinajstić information content (AvgIpc) is 3.55. The van der Waals surface area contributed by atoms with Gasteiger partial charge in [0.25, 0.3) is 5.91 Å². The van der Waals surface area contributed by atoms with Gasteiger partial charge >= 0.3 is 0 Å². The summed E-state index contributed by atoms with van der Waals surface area (Å²) in [4.78, 5) is 19.3. The summed E-state index contributed by atoms with van der Waals surface area (Å²) < 4.78 is 16.1. The Bertz CT molecular complexity index is 1240. The lowest BCUT2D eigenvalue weighted by molar-refractivity contribution is 0.0694. The second-order valence-corrected chi connectivity index (χ2v) is 8.19. The molecule has 1 fully saturated rings. The van der Waals surface area contributed by atoms with Crippen LogP contribution in [0.5, 0.6) is 5.75 Å². The smallest absolute Gasteiger partial charge is 0.276 e. The molecule has 0 spiro atoms. The third kappa shape index (κ3) is 4.37. The van der Waals surface area contributed by atoms with Gasteiger partial charge in [-0.05, 0) is 44.0 Å². The number of carbonyl (C=O) groups is 1. The molecule has 0 bridgehead atoms. The number of amides is 1. The number of hydrogen-bond acceptors (Lipinski definition) is 7. The Morgan fingerprint density at radius 2 is 1.67 bits per heavy atom. The second kappa shape index (κ2) is 8.90. The van der Waals surface area contributed by atoms with Gasteiger partial charge in [0.05, 0.1) is 7.11 Å². The van der Waals surface area contributed by atoms with Crippen LogP contribution < -0.4 is 4.74 Å². The highest BCUT2D eigenvalue weighted by molar-refractivity contribution is 5.93. The summed E-state index contributed by atoms with van der Waals surface area (Å²) in [6.45, 7) is 3.21. The number of rotatable bonds is 5. The maximum atomic E-state index is 12.9. The van der Waals surface area contributed by atoms with E-state index in [9.17, 15) is 4.79 Å². The van der Waals surface area contributed by atoms with E-state index in [1.807, 2.05) is 55.5 Å². The molecule has 1 aliphatic rings. The molecule has 0 atom stereocenters. The normalized spacial score (nSPS) is 14.4. The van der Waals surface area contributed by atoms with Crippen molar-refractivity contribution in [3.8, 4) is 28.5 Å². The monoisotopic (exact) mass is 444 g/mol.